The Hall–Kier alpha value is -3.42. The Morgan fingerprint density at radius 2 is 1.96 bits per heavy atom. The number of nitrogens with one attached hydrogen (secondary N) is 2. The Morgan fingerprint density at radius 1 is 1.21 bits per heavy atom. The van der Waals surface area contributed by atoms with Gasteiger partial charge in [0.05, 0.1) is 5.39 Å². The molecular formula is C20H20N4O4. The highest BCUT2D eigenvalue weighted by Gasteiger charge is 2.23. The molecule has 2 N–H and O–H groups in total. The van der Waals surface area contributed by atoms with Crippen molar-refractivity contribution in [2.75, 3.05) is 18.0 Å². The maximum Gasteiger partial charge on any atom is 0.287 e. The Balaban J connectivity index is 1.43. The van der Waals surface area contributed by atoms with Gasteiger partial charge in [-0.25, -0.2) is 4.98 Å². The average Bonchev–Trinajstić information content (AvgIpc) is 2.68. The predicted molar refractivity (Wildman–Crippen MR) is 105 cm³/mol. The van der Waals surface area contributed by atoms with Crippen LogP contribution < -0.4 is 21.2 Å². The van der Waals surface area contributed by atoms with Crippen molar-refractivity contribution >= 4 is 22.8 Å². The fourth-order valence-electron chi connectivity index (χ4n) is 3.42. The van der Waals surface area contributed by atoms with E-state index >= 15 is 0 Å². The molecule has 1 aliphatic rings. The number of anilines is 1. The van der Waals surface area contributed by atoms with Crippen LogP contribution in [-0.2, 0) is 0 Å². The van der Waals surface area contributed by atoms with Crippen LogP contribution in [0.4, 0.5) is 5.95 Å². The van der Waals surface area contributed by atoms with Gasteiger partial charge in [0.2, 0.25) is 5.95 Å². The Labute approximate surface area is 160 Å². The molecule has 8 heteroatoms. The highest BCUT2D eigenvalue weighted by atomic mass is 16.3. The standard InChI is InChI=1S/C20H20N4O4/c1-12-10-18(26)23-20(21-12)24-8-6-13(7-9-24)22-19(27)17-11-15(25)14-4-2-3-5-16(14)28-17/h2-5,10-11,13H,6-9H2,1H3,(H,22,27)(H,21,23,26). The minimum Gasteiger partial charge on any atom is -0.451 e. The summed E-state index contributed by atoms with van der Waals surface area (Å²) in [6.45, 7) is 3.08. The molecule has 0 atom stereocenters. The zero-order valence-electron chi connectivity index (χ0n) is 15.4. The summed E-state index contributed by atoms with van der Waals surface area (Å²) in [4.78, 5) is 45.4. The van der Waals surface area contributed by atoms with Crippen LogP contribution >= 0.6 is 0 Å². The predicted octanol–water partition coefficient (Wildman–Crippen LogP) is 1.58. The van der Waals surface area contributed by atoms with Gasteiger partial charge in [-0.05, 0) is 31.9 Å². The summed E-state index contributed by atoms with van der Waals surface area (Å²) in [5, 5.41) is 3.38. The molecular weight excluding hydrogens is 360 g/mol. The highest BCUT2D eigenvalue weighted by molar-refractivity contribution is 5.93. The monoisotopic (exact) mass is 380 g/mol. The van der Waals surface area contributed by atoms with Crippen LogP contribution in [0, 0.1) is 6.92 Å². The number of rotatable bonds is 3. The molecule has 144 valence electrons. The first-order valence-electron chi connectivity index (χ1n) is 9.16. The molecule has 0 unspecified atom stereocenters. The fourth-order valence-corrected chi connectivity index (χ4v) is 3.42. The maximum atomic E-state index is 12.5. The molecule has 2 aromatic heterocycles. The Morgan fingerprint density at radius 3 is 2.71 bits per heavy atom. The van der Waals surface area contributed by atoms with E-state index in [1.165, 1.54) is 12.1 Å². The first-order valence-corrected chi connectivity index (χ1v) is 9.16. The van der Waals surface area contributed by atoms with Gasteiger partial charge >= 0.3 is 0 Å². The number of H-pyrrole nitrogens is 1. The van der Waals surface area contributed by atoms with Crippen LogP contribution in [-0.4, -0.2) is 35.0 Å². The van der Waals surface area contributed by atoms with E-state index in [1.807, 2.05) is 4.90 Å². The van der Waals surface area contributed by atoms with E-state index in [2.05, 4.69) is 15.3 Å². The largest absolute Gasteiger partial charge is 0.451 e. The molecule has 1 saturated heterocycles. The Bertz CT molecular complexity index is 1140. The summed E-state index contributed by atoms with van der Waals surface area (Å²) in [5.74, 6) is 0.162. The normalized spacial score (nSPS) is 15.0. The zero-order chi connectivity index (χ0) is 19.7. The molecule has 3 aromatic rings. The third-order valence-corrected chi connectivity index (χ3v) is 4.85. The molecule has 8 nitrogen and oxygen atoms in total. The summed E-state index contributed by atoms with van der Waals surface area (Å²) in [6, 6.07) is 9.48. The third kappa shape index (κ3) is 3.66. The molecule has 1 amide bonds. The molecule has 0 saturated carbocycles. The molecule has 1 fully saturated rings. The smallest absolute Gasteiger partial charge is 0.287 e. The van der Waals surface area contributed by atoms with E-state index in [4.69, 9.17) is 4.42 Å². The number of carbonyl (C=O) groups excluding carboxylic acids is 1. The number of benzene rings is 1. The molecule has 0 bridgehead atoms. The van der Waals surface area contributed by atoms with Gasteiger partial charge in [-0.1, -0.05) is 12.1 Å². The number of hydrogen-bond acceptors (Lipinski definition) is 6. The van der Waals surface area contributed by atoms with Gasteiger partial charge in [0.1, 0.15) is 5.58 Å². The lowest BCUT2D eigenvalue weighted by Crippen LogP contribution is -2.45. The second-order valence-electron chi connectivity index (χ2n) is 6.92. The van der Waals surface area contributed by atoms with Crippen molar-refractivity contribution in [2.24, 2.45) is 0 Å². The molecule has 28 heavy (non-hydrogen) atoms. The van der Waals surface area contributed by atoms with E-state index in [0.717, 1.165) is 0 Å². The first kappa shape index (κ1) is 18.0. The minimum atomic E-state index is -0.400. The van der Waals surface area contributed by atoms with Gasteiger partial charge in [0.25, 0.3) is 11.5 Å². The van der Waals surface area contributed by atoms with Crippen LogP contribution in [0.1, 0.15) is 29.1 Å². The van der Waals surface area contributed by atoms with Gasteiger partial charge < -0.3 is 14.6 Å². The van der Waals surface area contributed by atoms with Crippen molar-refractivity contribution in [1.29, 1.82) is 0 Å². The lowest BCUT2D eigenvalue weighted by molar-refractivity contribution is 0.0903. The maximum absolute atomic E-state index is 12.5. The zero-order valence-corrected chi connectivity index (χ0v) is 15.4. The van der Waals surface area contributed by atoms with Crippen LogP contribution in [0.5, 0.6) is 0 Å². The number of aryl methyl sites for hydroxylation is 1. The van der Waals surface area contributed by atoms with Crippen LogP contribution in [0.3, 0.4) is 0 Å². The number of carbonyl (C=O) groups is 1. The van der Waals surface area contributed by atoms with Crippen molar-refractivity contribution in [3.05, 3.63) is 68.4 Å². The van der Waals surface area contributed by atoms with Crippen molar-refractivity contribution < 1.29 is 9.21 Å². The van der Waals surface area contributed by atoms with E-state index in [1.54, 1.807) is 31.2 Å². The van der Waals surface area contributed by atoms with Crippen molar-refractivity contribution in [3.63, 3.8) is 0 Å². The number of hydrogen-bond donors (Lipinski definition) is 2. The number of nitrogens with zero attached hydrogens (tertiary/aromatic N) is 2. The van der Waals surface area contributed by atoms with Gasteiger partial charge in [-0.15, -0.1) is 0 Å². The van der Waals surface area contributed by atoms with E-state index in [0.29, 0.717) is 48.5 Å². The van der Waals surface area contributed by atoms with Gasteiger partial charge in [-0.3, -0.25) is 19.4 Å². The van der Waals surface area contributed by atoms with E-state index in [9.17, 15) is 14.4 Å². The summed E-state index contributed by atoms with van der Waals surface area (Å²) >= 11 is 0. The molecule has 0 radical (unpaired) electrons. The quantitative estimate of drug-likeness (QED) is 0.714. The third-order valence-electron chi connectivity index (χ3n) is 4.85. The van der Waals surface area contributed by atoms with Crippen molar-refractivity contribution in [2.45, 2.75) is 25.8 Å². The molecule has 4 rings (SSSR count). The molecule has 3 heterocycles. The number of aromatic amines is 1. The fraction of sp³-hybridized carbons (Fsp3) is 0.300. The summed E-state index contributed by atoms with van der Waals surface area (Å²) in [7, 11) is 0. The molecule has 0 spiro atoms. The van der Waals surface area contributed by atoms with Crippen molar-refractivity contribution in [1.82, 2.24) is 15.3 Å². The van der Waals surface area contributed by atoms with Crippen molar-refractivity contribution in [3.8, 4) is 0 Å². The van der Waals surface area contributed by atoms with Gasteiger partial charge in [0, 0.05) is 37.0 Å². The first-order chi connectivity index (χ1) is 13.5. The highest BCUT2D eigenvalue weighted by Crippen LogP contribution is 2.17. The lowest BCUT2D eigenvalue weighted by atomic mass is 10.1. The summed E-state index contributed by atoms with van der Waals surface area (Å²) in [5.41, 5.74) is 0.644. The van der Waals surface area contributed by atoms with E-state index < -0.39 is 5.91 Å². The number of para-hydroxylation sites is 1. The van der Waals surface area contributed by atoms with Crippen LogP contribution in [0.2, 0.25) is 0 Å². The molecule has 0 aliphatic carbocycles. The number of aromatic nitrogens is 2. The van der Waals surface area contributed by atoms with E-state index in [-0.39, 0.29) is 22.8 Å². The molecule has 1 aliphatic heterocycles. The topological polar surface area (TPSA) is 108 Å². The number of amides is 1. The minimum absolute atomic E-state index is 0.0100. The second kappa shape index (κ2) is 7.30. The van der Waals surface area contributed by atoms with Gasteiger partial charge in [0.15, 0.2) is 11.2 Å². The van der Waals surface area contributed by atoms with Crippen LogP contribution in [0.25, 0.3) is 11.0 Å². The SMILES string of the molecule is Cc1cc(=O)[nH]c(N2CCC(NC(=O)c3cc(=O)c4ccccc4o3)CC2)n1. The van der Waals surface area contributed by atoms with Gasteiger partial charge in [-0.2, -0.15) is 0 Å². The second-order valence-corrected chi connectivity index (χ2v) is 6.92. The van der Waals surface area contributed by atoms with Crippen LogP contribution in [0.15, 0.2) is 50.4 Å². The number of fused-ring (bicyclic) bond motifs is 1. The summed E-state index contributed by atoms with van der Waals surface area (Å²) < 4.78 is 5.59. The number of piperidine rings is 1. The lowest BCUT2D eigenvalue weighted by Gasteiger charge is -2.32. The summed E-state index contributed by atoms with van der Waals surface area (Å²) in [6.07, 6.45) is 1.39. The molecule has 1 aromatic carbocycles. The average molecular weight is 380 g/mol. The Kier molecular flexibility index (Phi) is 4.68.